The summed E-state index contributed by atoms with van der Waals surface area (Å²) < 4.78 is 5.46. The number of ether oxygens (including phenoxy) is 1. The summed E-state index contributed by atoms with van der Waals surface area (Å²) in [6.07, 6.45) is 0.266. The smallest absolute Gasteiger partial charge is 0.341 e. The van der Waals surface area contributed by atoms with Gasteiger partial charge in [0.05, 0.1) is 0 Å². The molecule has 1 aromatic carbocycles. The molecular formula is C18H28N2O4. The summed E-state index contributed by atoms with van der Waals surface area (Å²) >= 11 is 0. The number of aliphatic carboxylic acids is 1. The molecule has 6 nitrogen and oxygen atoms in total. The number of nitrogens with one attached hydrogen (secondary N) is 1. The molecule has 0 radical (unpaired) electrons. The normalized spacial score (nSPS) is 15.6. The zero-order valence-electron chi connectivity index (χ0n) is 15.3. The average molecular weight is 336 g/mol. The van der Waals surface area contributed by atoms with Gasteiger partial charge in [0.15, 0.2) is 5.66 Å². The molecule has 2 N–H and O–H groups in total. The first-order valence-electron chi connectivity index (χ1n) is 7.91. The van der Waals surface area contributed by atoms with Crippen molar-refractivity contribution in [2.24, 2.45) is 0 Å². The van der Waals surface area contributed by atoms with E-state index in [1.807, 2.05) is 30.3 Å². The van der Waals surface area contributed by atoms with Crippen molar-refractivity contribution in [3.8, 4) is 0 Å². The number of carboxylic acid groups (broad SMARTS) is 1. The molecule has 134 valence electrons. The van der Waals surface area contributed by atoms with E-state index in [0.29, 0.717) is 0 Å². The van der Waals surface area contributed by atoms with E-state index in [-0.39, 0.29) is 6.42 Å². The van der Waals surface area contributed by atoms with Gasteiger partial charge in [-0.3, -0.25) is 15.0 Å². The maximum absolute atomic E-state index is 12.6. The zero-order chi connectivity index (χ0) is 18.5. The molecule has 24 heavy (non-hydrogen) atoms. The van der Waals surface area contributed by atoms with Crippen LogP contribution in [0.5, 0.6) is 0 Å². The van der Waals surface area contributed by atoms with E-state index in [2.05, 4.69) is 5.32 Å². The van der Waals surface area contributed by atoms with Gasteiger partial charge in [0.1, 0.15) is 11.6 Å². The van der Waals surface area contributed by atoms with Crippen LogP contribution in [-0.2, 0) is 20.7 Å². The number of hydrogen-bond acceptors (Lipinski definition) is 5. The van der Waals surface area contributed by atoms with Crippen LogP contribution in [0, 0.1) is 0 Å². The molecule has 0 aliphatic carbocycles. The monoisotopic (exact) mass is 336 g/mol. The van der Waals surface area contributed by atoms with Gasteiger partial charge in [-0.25, -0.2) is 4.79 Å². The Kier molecular flexibility index (Phi) is 6.51. The van der Waals surface area contributed by atoms with E-state index in [4.69, 9.17) is 4.74 Å². The minimum atomic E-state index is -1.26. The molecule has 0 heterocycles. The standard InChI is InChI=1S/C18H28N2O4/c1-17(2,3)24-16(23)18(4,20(5)6)19-14(15(21)22)12-13-10-8-7-9-11-13/h7-11,14,19H,12H2,1-6H3,(H,21,22). The summed E-state index contributed by atoms with van der Waals surface area (Å²) in [7, 11) is 3.41. The van der Waals surface area contributed by atoms with E-state index in [1.165, 1.54) is 0 Å². The first-order chi connectivity index (χ1) is 11.0. The van der Waals surface area contributed by atoms with Gasteiger partial charge in [-0.2, -0.15) is 0 Å². The SMILES string of the molecule is CN(C)C(C)(NC(Cc1ccccc1)C(=O)O)C(=O)OC(C)(C)C. The Bertz CT molecular complexity index is 566. The Hall–Kier alpha value is -1.92. The van der Waals surface area contributed by atoms with Gasteiger partial charge in [-0.15, -0.1) is 0 Å². The van der Waals surface area contributed by atoms with E-state index in [1.54, 1.807) is 46.7 Å². The fraction of sp³-hybridized carbons (Fsp3) is 0.556. The summed E-state index contributed by atoms with van der Waals surface area (Å²) in [6.45, 7) is 6.96. The van der Waals surface area contributed by atoms with Crippen LogP contribution < -0.4 is 5.32 Å². The molecule has 0 aliphatic heterocycles. The fourth-order valence-electron chi connectivity index (χ4n) is 2.14. The van der Waals surface area contributed by atoms with Crippen molar-refractivity contribution < 1.29 is 19.4 Å². The van der Waals surface area contributed by atoms with Crippen LogP contribution in [0.2, 0.25) is 0 Å². The number of rotatable bonds is 7. The molecule has 0 bridgehead atoms. The predicted octanol–water partition coefficient (Wildman–Crippen LogP) is 1.89. The molecule has 1 rings (SSSR count). The molecule has 2 atom stereocenters. The molecule has 0 spiro atoms. The maximum Gasteiger partial charge on any atom is 0.341 e. The van der Waals surface area contributed by atoms with Crippen molar-refractivity contribution >= 4 is 11.9 Å². The summed E-state index contributed by atoms with van der Waals surface area (Å²) in [4.78, 5) is 25.9. The van der Waals surface area contributed by atoms with Crippen LogP contribution in [0.3, 0.4) is 0 Å². The Balaban J connectivity index is 3.01. The highest BCUT2D eigenvalue weighted by Crippen LogP contribution is 2.18. The van der Waals surface area contributed by atoms with Crippen LogP contribution in [0.15, 0.2) is 30.3 Å². The van der Waals surface area contributed by atoms with Gasteiger partial charge < -0.3 is 9.84 Å². The van der Waals surface area contributed by atoms with Gasteiger partial charge in [-0.05, 0) is 53.8 Å². The maximum atomic E-state index is 12.6. The lowest BCUT2D eigenvalue weighted by atomic mass is 10.0. The van der Waals surface area contributed by atoms with Gasteiger partial charge >= 0.3 is 11.9 Å². The Morgan fingerprint density at radius 1 is 1.17 bits per heavy atom. The molecule has 2 unspecified atom stereocenters. The lowest BCUT2D eigenvalue weighted by molar-refractivity contribution is -0.171. The summed E-state index contributed by atoms with van der Waals surface area (Å²) in [5, 5.41) is 12.5. The first kappa shape index (κ1) is 20.1. The molecule has 0 amide bonds. The highest BCUT2D eigenvalue weighted by Gasteiger charge is 2.42. The lowest BCUT2D eigenvalue weighted by Gasteiger charge is -2.38. The molecule has 0 saturated heterocycles. The van der Waals surface area contributed by atoms with Crippen LogP contribution in [-0.4, -0.2) is 53.3 Å². The van der Waals surface area contributed by atoms with Crippen molar-refractivity contribution in [1.82, 2.24) is 10.2 Å². The molecule has 0 aromatic heterocycles. The zero-order valence-corrected chi connectivity index (χ0v) is 15.3. The van der Waals surface area contributed by atoms with E-state index >= 15 is 0 Å². The van der Waals surface area contributed by atoms with Gasteiger partial charge in [0, 0.05) is 0 Å². The van der Waals surface area contributed by atoms with Crippen molar-refractivity contribution in [2.75, 3.05) is 14.1 Å². The molecule has 0 aliphatic rings. The minimum absolute atomic E-state index is 0.266. The second kappa shape index (κ2) is 7.77. The predicted molar refractivity (Wildman–Crippen MR) is 92.6 cm³/mol. The van der Waals surface area contributed by atoms with Crippen molar-refractivity contribution in [3.05, 3.63) is 35.9 Å². The summed E-state index contributed by atoms with van der Waals surface area (Å²) in [5.74, 6) is -1.53. The first-order valence-corrected chi connectivity index (χ1v) is 7.91. The number of likely N-dealkylation sites (N-methyl/N-ethyl adjacent to an activating group) is 1. The van der Waals surface area contributed by atoms with E-state index in [0.717, 1.165) is 5.56 Å². The number of carboxylic acids is 1. The third-order valence-electron chi connectivity index (χ3n) is 3.73. The fourth-order valence-corrected chi connectivity index (χ4v) is 2.14. The van der Waals surface area contributed by atoms with Gasteiger partial charge in [0.25, 0.3) is 0 Å². The van der Waals surface area contributed by atoms with Crippen LogP contribution >= 0.6 is 0 Å². The topological polar surface area (TPSA) is 78.9 Å². The Labute approximate surface area is 143 Å². The second-order valence-corrected chi connectivity index (χ2v) is 7.19. The molecule has 0 saturated carbocycles. The van der Waals surface area contributed by atoms with E-state index in [9.17, 15) is 14.7 Å². The van der Waals surface area contributed by atoms with Crippen molar-refractivity contribution in [1.29, 1.82) is 0 Å². The lowest BCUT2D eigenvalue weighted by Crippen LogP contribution is -2.65. The summed E-state index contributed by atoms with van der Waals surface area (Å²) in [6, 6.07) is 8.38. The highest BCUT2D eigenvalue weighted by atomic mass is 16.6. The third kappa shape index (κ3) is 5.62. The van der Waals surface area contributed by atoms with Crippen LogP contribution in [0.1, 0.15) is 33.3 Å². The summed E-state index contributed by atoms with van der Waals surface area (Å²) in [5.41, 5.74) is -1.04. The van der Waals surface area contributed by atoms with Crippen LogP contribution in [0.25, 0.3) is 0 Å². The molecule has 0 fully saturated rings. The number of esters is 1. The van der Waals surface area contributed by atoms with Gasteiger partial charge in [-0.1, -0.05) is 30.3 Å². The molecular weight excluding hydrogens is 308 g/mol. The molecule has 1 aromatic rings. The Morgan fingerprint density at radius 3 is 2.12 bits per heavy atom. The number of carbonyl (C=O) groups excluding carboxylic acids is 1. The largest absolute Gasteiger partial charge is 0.480 e. The number of carbonyl (C=O) groups is 2. The highest BCUT2D eigenvalue weighted by molar-refractivity contribution is 5.82. The number of hydrogen-bond donors (Lipinski definition) is 2. The van der Waals surface area contributed by atoms with Crippen LogP contribution in [0.4, 0.5) is 0 Å². The van der Waals surface area contributed by atoms with Crippen molar-refractivity contribution in [3.63, 3.8) is 0 Å². The van der Waals surface area contributed by atoms with Crippen molar-refractivity contribution in [2.45, 2.75) is 51.4 Å². The number of nitrogens with zero attached hydrogens (tertiary/aromatic N) is 1. The Morgan fingerprint density at radius 2 is 1.71 bits per heavy atom. The van der Waals surface area contributed by atoms with E-state index < -0.39 is 29.2 Å². The third-order valence-corrected chi connectivity index (χ3v) is 3.73. The second-order valence-electron chi connectivity index (χ2n) is 7.19. The molecule has 6 heteroatoms. The minimum Gasteiger partial charge on any atom is -0.480 e. The average Bonchev–Trinajstić information content (AvgIpc) is 2.45. The quantitative estimate of drug-likeness (QED) is 0.585. The number of benzene rings is 1. The van der Waals surface area contributed by atoms with Gasteiger partial charge in [0.2, 0.25) is 0 Å².